The number of amides is 1. The van der Waals surface area contributed by atoms with Gasteiger partial charge >= 0.3 is 0 Å². The number of carbonyl (C=O) groups is 1. The number of thiazole rings is 1. The van der Waals surface area contributed by atoms with Crippen LogP contribution in [0.1, 0.15) is 24.6 Å². The lowest BCUT2D eigenvalue weighted by Crippen LogP contribution is -2.38. The van der Waals surface area contributed by atoms with Gasteiger partial charge in [0.2, 0.25) is 15.9 Å². The number of sulfonamides is 1. The summed E-state index contributed by atoms with van der Waals surface area (Å²) in [5.74, 6) is -0.394. The van der Waals surface area contributed by atoms with Crippen molar-refractivity contribution in [2.75, 3.05) is 18.4 Å². The number of rotatable bonds is 8. The summed E-state index contributed by atoms with van der Waals surface area (Å²) in [6.45, 7) is 3.92. The highest BCUT2D eigenvalue weighted by atomic mass is 32.2. The van der Waals surface area contributed by atoms with Crippen molar-refractivity contribution in [3.8, 4) is 0 Å². The van der Waals surface area contributed by atoms with Crippen LogP contribution >= 0.6 is 11.3 Å². The molecule has 0 radical (unpaired) electrons. The Labute approximate surface area is 169 Å². The topological polar surface area (TPSA) is 79.4 Å². The summed E-state index contributed by atoms with van der Waals surface area (Å²) in [5.41, 5.74) is 0. The third-order valence-corrected chi connectivity index (χ3v) is 6.98. The Bertz CT molecular complexity index is 1080. The predicted octanol–water partition coefficient (Wildman–Crippen LogP) is 4.03. The van der Waals surface area contributed by atoms with E-state index in [0.717, 1.165) is 22.1 Å². The minimum absolute atomic E-state index is 0.195. The fourth-order valence-corrected chi connectivity index (χ4v) is 4.98. The van der Waals surface area contributed by atoms with Crippen molar-refractivity contribution in [3.63, 3.8) is 0 Å². The maximum atomic E-state index is 13.2. The van der Waals surface area contributed by atoms with Gasteiger partial charge in [-0.3, -0.25) is 4.79 Å². The number of benzene rings is 2. The first-order valence-electron chi connectivity index (χ1n) is 9.11. The van der Waals surface area contributed by atoms with Crippen molar-refractivity contribution in [1.82, 2.24) is 9.29 Å². The Morgan fingerprint density at radius 1 is 1.18 bits per heavy atom. The quantitative estimate of drug-likeness (QED) is 0.600. The van der Waals surface area contributed by atoms with E-state index in [1.807, 2.05) is 38.1 Å². The Morgan fingerprint density at radius 3 is 2.61 bits per heavy atom. The highest BCUT2D eigenvalue weighted by Crippen LogP contribution is 2.23. The molecule has 0 atom stereocenters. The molecule has 0 aliphatic rings. The predicted molar refractivity (Wildman–Crippen MR) is 113 cm³/mol. The van der Waals surface area contributed by atoms with Crippen molar-refractivity contribution in [2.45, 2.75) is 31.6 Å². The molecule has 3 aromatic rings. The molecule has 148 valence electrons. The molecule has 1 heterocycles. The third-order valence-electron chi connectivity index (χ3n) is 4.31. The van der Waals surface area contributed by atoms with E-state index in [9.17, 15) is 13.2 Å². The monoisotopic (exact) mass is 417 g/mol. The minimum atomic E-state index is -3.79. The second kappa shape index (κ2) is 8.81. The zero-order valence-electron chi connectivity index (χ0n) is 15.9. The summed E-state index contributed by atoms with van der Waals surface area (Å²) >= 11 is 1.36. The second-order valence-electron chi connectivity index (χ2n) is 6.53. The molecule has 8 heteroatoms. The van der Waals surface area contributed by atoms with Gasteiger partial charge in [-0.25, -0.2) is 13.4 Å². The number of nitrogens with zero attached hydrogens (tertiary/aromatic N) is 2. The van der Waals surface area contributed by atoms with Crippen molar-refractivity contribution in [1.29, 1.82) is 0 Å². The van der Waals surface area contributed by atoms with Gasteiger partial charge in [0.05, 0.1) is 11.4 Å². The first-order valence-corrected chi connectivity index (χ1v) is 11.4. The molecule has 6 nitrogen and oxygen atoms in total. The van der Waals surface area contributed by atoms with Crippen LogP contribution in [-0.4, -0.2) is 36.7 Å². The largest absolute Gasteiger partial charge is 0.301 e. The summed E-state index contributed by atoms with van der Waals surface area (Å²) in [6, 6.07) is 12.6. The van der Waals surface area contributed by atoms with Gasteiger partial charge in [-0.1, -0.05) is 43.7 Å². The molecule has 0 bridgehead atoms. The van der Waals surface area contributed by atoms with E-state index in [-0.39, 0.29) is 18.0 Å². The van der Waals surface area contributed by atoms with E-state index in [4.69, 9.17) is 0 Å². The van der Waals surface area contributed by atoms with Crippen LogP contribution in [0.15, 0.2) is 53.6 Å². The first kappa shape index (κ1) is 20.4. The molecule has 0 fully saturated rings. The maximum absolute atomic E-state index is 13.2. The SMILES string of the molecule is CCCCN(CC(=O)Nc1ncc(C)s1)S(=O)(=O)c1ccc2ccccc2c1. The molecule has 0 unspecified atom stereocenters. The van der Waals surface area contributed by atoms with E-state index in [2.05, 4.69) is 10.3 Å². The summed E-state index contributed by atoms with van der Waals surface area (Å²) in [5, 5.41) is 4.98. The number of nitrogens with one attached hydrogen (secondary N) is 1. The number of aryl methyl sites for hydroxylation is 1. The molecule has 2 aromatic carbocycles. The molecule has 1 aromatic heterocycles. The van der Waals surface area contributed by atoms with Crippen molar-refractivity contribution < 1.29 is 13.2 Å². The van der Waals surface area contributed by atoms with Gasteiger partial charge in [0.25, 0.3) is 0 Å². The number of carbonyl (C=O) groups excluding carboxylic acids is 1. The summed E-state index contributed by atoms with van der Waals surface area (Å²) in [4.78, 5) is 17.7. The normalized spacial score (nSPS) is 11.8. The summed E-state index contributed by atoms with van der Waals surface area (Å²) < 4.78 is 27.7. The van der Waals surface area contributed by atoms with Gasteiger partial charge in [0.15, 0.2) is 5.13 Å². The Balaban J connectivity index is 1.84. The highest BCUT2D eigenvalue weighted by molar-refractivity contribution is 7.89. The van der Waals surface area contributed by atoms with Crippen LogP contribution < -0.4 is 5.32 Å². The van der Waals surface area contributed by atoms with Crippen molar-refractivity contribution >= 4 is 43.2 Å². The zero-order chi connectivity index (χ0) is 20.1. The average Bonchev–Trinajstić information content (AvgIpc) is 3.09. The molecule has 0 spiro atoms. The molecule has 28 heavy (non-hydrogen) atoms. The number of aromatic nitrogens is 1. The smallest absolute Gasteiger partial charge is 0.243 e. The molecule has 0 saturated carbocycles. The Morgan fingerprint density at radius 2 is 1.93 bits per heavy atom. The van der Waals surface area contributed by atoms with E-state index >= 15 is 0 Å². The van der Waals surface area contributed by atoms with Crippen LogP contribution in [0.25, 0.3) is 10.8 Å². The maximum Gasteiger partial charge on any atom is 0.243 e. The lowest BCUT2D eigenvalue weighted by molar-refractivity contribution is -0.116. The standard InChI is InChI=1S/C20H23N3O3S2/c1-3-4-11-23(14-19(24)22-20-21-13-15(2)27-20)28(25,26)18-10-9-16-7-5-6-8-17(16)12-18/h5-10,12-13H,3-4,11,14H2,1-2H3,(H,21,22,24). The molecule has 3 rings (SSSR count). The number of hydrogen-bond donors (Lipinski definition) is 1. The van der Waals surface area contributed by atoms with Crippen LogP contribution in [0.4, 0.5) is 5.13 Å². The first-order chi connectivity index (χ1) is 13.4. The van der Waals surface area contributed by atoms with Crippen LogP contribution in [0.2, 0.25) is 0 Å². The summed E-state index contributed by atoms with van der Waals surface area (Å²) in [6.07, 6.45) is 3.18. The van der Waals surface area contributed by atoms with E-state index in [1.54, 1.807) is 24.4 Å². The van der Waals surface area contributed by atoms with E-state index in [1.165, 1.54) is 15.6 Å². The van der Waals surface area contributed by atoms with Gasteiger partial charge in [0, 0.05) is 17.6 Å². The Hall–Kier alpha value is -2.29. The molecule has 0 aliphatic heterocycles. The molecule has 0 aliphatic carbocycles. The van der Waals surface area contributed by atoms with Crippen molar-refractivity contribution in [3.05, 3.63) is 53.5 Å². The number of fused-ring (bicyclic) bond motifs is 1. The van der Waals surface area contributed by atoms with Crippen molar-refractivity contribution in [2.24, 2.45) is 0 Å². The van der Waals surface area contributed by atoms with Gasteiger partial charge in [-0.2, -0.15) is 4.31 Å². The average molecular weight is 418 g/mol. The molecule has 1 N–H and O–H groups in total. The van der Waals surface area contributed by atoms with Gasteiger partial charge < -0.3 is 5.32 Å². The molecular weight excluding hydrogens is 394 g/mol. The molecular formula is C20H23N3O3S2. The van der Waals surface area contributed by atoms with Gasteiger partial charge in [-0.05, 0) is 36.2 Å². The zero-order valence-corrected chi connectivity index (χ0v) is 17.5. The molecule has 1 amide bonds. The lowest BCUT2D eigenvalue weighted by Gasteiger charge is -2.21. The number of unbranched alkanes of at least 4 members (excludes halogenated alkanes) is 1. The Kier molecular flexibility index (Phi) is 6.43. The fourth-order valence-electron chi connectivity index (χ4n) is 2.83. The van der Waals surface area contributed by atoms with Crippen LogP contribution in [-0.2, 0) is 14.8 Å². The number of hydrogen-bond acceptors (Lipinski definition) is 5. The fraction of sp³-hybridized carbons (Fsp3) is 0.300. The third kappa shape index (κ3) is 4.76. The molecule has 0 saturated heterocycles. The highest BCUT2D eigenvalue weighted by Gasteiger charge is 2.26. The van der Waals surface area contributed by atoms with Crippen LogP contribution in [0.5, 0.6) is 0 Å². The summed E-state index contributed by atoms with van der Waals surface area (Å²) in [7, 11) is -3.79. The lowest BCUT2D eigenvalue weighted by atomic mass is 10.1. The van der Waals surface area contributed by atoms with Gasteiger partial charge in [0.1, 0.15) is 0 Å². The minimum Gasteiger partial charge on any atom is -0.301 e. The second-order valence-corrected chi connectivity index (χ2v) is 9.70. The van der Waals surface area contributed by atoms with Gasteiger partial charge in [-0.15, -0.1) is 11.3 Å². The number of anilines is 1. The van der Waals surface area contributed by atoms with E-state index < -0.39 is 15.9 Å². The van der Waals surface area contributed by atoms with Crippen LogP contribution in [0.3, 0.4) is 0 Å². The van der Waals surface area contributed by atoms with E-state index in [0.29, 0.717) is 11.6 Å². The van der Waals surface area contributed by atoms with Crippen LogP contribution in [0, 0.1) is 6.92 Å².